The number of rotatable bonds is 4. The molecule has 0 saturated heterocycles. The molecule has 0 aliphatic carbocycles. The van der Waals surface area contributed by atoms with Gasteiger partial charge in [0.05, 0.1) is 11.7 Å². The summed E-state index contributed by atoms with van der Waals surface area (Å²) in [5.74, 6) is 0. The molecule has 1 heterocycles. The third kappa shape index (κ3) is 2.71. The molecule has 102 valence electrons. The van der Waals surface area contributed by atoms with E-state index in [1.54, 1.807) is 0 Å². The standard InChI is InChI=1S/C16H23N3/c1-6-17-16(15-7-8-18-19(15)5)14-10-12(3)11(2)9-13(14)4/h7-10,16-17H,6H2,1-5H3. The van der Waals surface area contributed by atoms with Crippen LogP contribution in [0.2, 0.25) is 0 Å². The Bertz CT molecular complexity index is 569. The number of aromatic nitrogens is 2. The first kappa shape index (κ1) is 13.8. The van der Waals surface area contributed by atoms with Gasteiger partial charge in [0.15, 0.2) is 0 Å². The second-order valence-corrected chi connectivity index (χ2v) is 5.16. The lowest BCUT2D eigenvalue weighted by molar-refractivity contribution is 0.570. The molecule has 1 aromatic carbocycles. The molecule has 2 rings (SSSR count). The van der Waals surface area contributed by atoms with Gasteiger partial charge in [-0.15, -0.1) is 0 Å². The van der Waals surface area contributed by atoms with Crippen LogP contribution in [-0.4, -0.2) is 16.3 Å². The van der Waals surface area contributed by atoms with Crippen LogP contribution in [0.3, 0.4) is 0 Å². The second kappa shape index (κ2) is 5.57. The molecule has 1 N–H and O–H groups in total. The van der Waals surface area contributed by atoms with Crippen LogP contribution in [-0.2, 0) is 7.05 Å². The summed E-state index contributed by atoms with van der Waals surface area (Å²) in [5, 5.41) is 7.86. The summed E-state index contributed by atoms with van der Waals surface area (Å²) in [4.78, 5) is 0. The van der Waals surface area contributed by atoms with Gasteiger partial charge >= 0.3 is 0 Å². The SMILES string of the molecule is CCNC(c1cc(C)c(C)cc1C)c1ccnn1C. The van der Waals surface area contributed by atoms with Crippen molar-refractivity contribution in [3.05, 3.63) is 52.3 Å². The minimum Gasteiger partial charge on any atom is -0.305 e. The molecule has 0 aliphatic rings. The van der Waals surface area contributed by atoms with Crippen molar-refractivity contribution in [2.45, 2.75) is 33.7 Å². The highest BCUT2D eigenvalue weighted by atomic mass is 15.3. The zero-order valence-electron chi connectivity index (χ0n) is 12.5. The summed E-state index contributed by atoms with van der Waals surface area (Å²) >= 11 is 0. The minimum atomic E-state index is 0.205. The van der Waals surface area contributed by atoms with Gasteiger partial charge < -0.3 is 5.32 Å². The Morgan fingerprint density at radius 3 is 2.42 bits per heavy atom. The molecular weight excluding hydrogens is 234 g/mol. The summed E-state index contributed by atoms with van der Waals surface area (Å²) in [6, 6.07) is 6.86. The van der Waals surface area contributed by atoms with E-state index in [0.717, 1.165) is 6.54 Å². The zero-order valence-corrected chi connectivity index (χ0v) is 12.5. The zero-order chi connectivity index (χ0) is 14.0. The third-order valence-electron chi connectivity index (χ3n) is 3.76. The maximum atomic E-state index is 4.29. The first-order chi connectivity index (χ1) is 9.04. The predicted molar refractivity (Wildman–Crippen MR) is 79.4 cm³/mol. The molecule has 0 saturated carbocycles. The summed E-state index contributed by atoms with van der Waals surface area (Å²) in [6.45, 7) is 9.59. The second-order valence-electron chi connectivity index (χ2n) is 5.16. The molecule has 0 aliphatic heterocycles. The van der Waals surface area contributed by atoms with Crippen molar-refractivity contribution in [2.75, 3.05) is 6.54 Å². The molecule has 1 unspecified atom stereocenters. The van der Waals surface area contributed by atoms with Gasteiger partial charge in [0, 0.05) is 13.2 Å². The summed E-state index contributed by atoms with van der Waals surface area (Å²) in [6.07, 6.45) is 1.86. The fourth-order valence-corrected chi connectivity index (χ4v) is 2.54. The highest BCUT2D eigenvalue weighted by Gasteiger charge is 2.18. The van der Waals surface area contributed by atoms with E-state index in [1.165, 1.54) is 27.9 Å². The van der Waals surface area contributed by atoms with Gasteiger partial charge in [0.25, 0.3) is 0 Å². The molecular formula is C16H23N3. The summed E-state index contributed by atoms with van der Waals surface area (Å²) in [5.41, 5.74) is 6.56. The van der Waals surface area contributed by atoms with Crippen molar-refractivity contribution in [3.63, 3.8) is 0 Å². The quantitative estimate of drug-likeness (QED) is 0.912. The van der Waals surface area contributed by atoms with Crippen molar-refractivity contribution in [1.82, 2.24) is 15.1 Å². The van der Waals surface area contributed by atoms with Crippen molar-refractivity contribution in [1.29, 1.82) is 0 Å². The lowest BCUT2D eigenvalue weighted by atomic mass is 9.94. The van der Waals surface area contributed by atoms with Crippen LogP contribution in [0.25, 0.3) is 0 Å². The van der Waals surface area contributed by atoms with Crippen LogP contribution < -0.4 is 5.32 Å². The predicted octanol–water partition coefficient (Wildman–Crippen LogP) is 3.04. The Balaban J connectivity index is 2.51. The van der Waals surface area contributed by atoms with Crippen LogP contribution in [0.4, 0.5) is 0 Å². The van der Waals surface area contributed by atoms with E-state index in [4.69, 9.17) is 0 Å². The molecule has 19 heavy (non-hydrogen) atoms. The van der Waals surface area contributed by atoms with E-state index >= 15 is 0 Å². The fourth-order valence-electron chi connectivity index (χ4n) is 2.54. The molecule has 2 aromatic rings. The number of nitrogens with zero attached hydrogens (tertiary/aromatic N) is 2. The largest absolute Gasteiger partial charge is 0.305 e. The Morgan fingerprint density at radius 2 is 1.84 bits per heavy atom. The number of hydrogen-bond acceptors (Lipinski definition) is 2. The number of aryl methyl sites for hydroxylation is 4. The van der Waals surface area contributed by atoms with Gasteiger partial charge in [0.1, 0.15) is 0 Å². The van der Waals surface area contributed by atoms with Gasteiger partial charge in [0.2, 0.25) is 0 Å². The smallest absolute Gasteiger partial charge is 0.0750 e. The molecule has 0 radical (unpaired) electrons. The van der Waals surface area contributed by atoms with E-state index in [1.807, 2.05) is 17.9 Å². The monoisotopic (exact) mass is 257 g/mol. The van der Waals surface area contributed by atoms with E-state index < -0.39 is 0 Å². The molecule has 3 nitrogen and oxygen atoms in total. The third-order valence-corrected chi connectivity index (χ3v) is 3.76. The van der Waals surface area contributed by atoms with Gasteiger partial charge in [-0.05, 0) is 55.6 Å². The topological polar surface area (TPSA) is 29.9 Å². The van der Waals surface area contributed by atoms with Crippen LogP contribution in [0.5, 0.6) is 0 Å². The molecule has 3 heteroatoms. The van der Waals surface area contributed by atoms with Crippen molar-refractivity contribution in [2.24, 2.45) is 7.05 Å². The molecule has 0 bridgehead atoms. The Labute approximate surface area is 115 Å². The van der Waals surface area contributed by atoms with Gasteiger partial charge in [-0.25, -0.2) is 0 Å². The lowest BCUT2D eigenvalue weighted by Gasteiger charge is -2.22. The van der Waals surface area contributed by atoms with Gasteiger partial charge in [-0.2, -0.15) is 5.10 Å². The van der Waals surface area contributed by atoms with Crippen molar-refractivity contribution >= 4 is 0 Å². The first-order valence-electron chi connectivity index (χ1n) is 6.83. The molecule has 1 aromatic heterocycles. The van der Waals surface area contributed by atoms with Crippen LogP contribution >= 0.6 is 0 Å². The van der Waals surface area contributed by atoms with E-state index in [0.29, 0.717) is 0 Å². The minimum absolute atomic E-state index is 0.205. The molecule has 0 amide bonds. The summed E-state index contributed by atoms with van der Waals surface area (Å²) in [7, 11) is 2.00. The highest BCUT2D eigenvalue weighted by molar-refractivity contribution is 5.41. The van der Waals surface area contributed by atoms with E-state index in [9.17, 15) is 0 Å². The molecule has 1 atom stereocenters. The highest BCUT2D eigenvalue weighted by Crippen LogP contribution is 2.26. The van der Waals surface area contributed by atoms with Crippen LogP contribution in [0.15, 0.2) is 24.4 Å². The molecule has 0 spiro atoms. The van der Waals surface area contributed by atoms with Crippen molar-refractivity contribution in [3.8, 4) is 0 Å². The average molecular weight is 257 g/mol. The number of hydrogen-bond donors (Lipinski definition) is 1. The van der Waals surface area contributed by atoms with Gasteiger partial charge in [-0.1, -0.05) is 19.1 Å². The Morgan fingerprint density at radius 1 is 1.16 bits per heavy atom. The maximum absolute atomic E-state index is 4.29. The number of benzene rings is 1. The van der Waals surface area contributed by atoms with Crippen molar-refractivity contribution < 1.29 is 0 Å². The first-order valence-corrected chi connectivity index (χ1v) is 6.83. The normalized spacial score (nSPS) is 12.7. The maximum Gasteiger partial charge on any atom is 0.0750 e. The molecule has 0 fully saturated rings. The Kier molecular flexibility index (Phi) is 4.05. The van der Waals surface area contributed by atoms with E-state index in [2.05, 4.69) is 56.3 Å². The number of nitrogens with one attached hydrogen (secondary N) is 1. The van der Waals surface area contributed by atoms with E-state index in [-0.39, 0.29) is 6.04 Å². The average Bonchev–Trinajstić information content (AvgIpc) is 2.77. The lowest BCUT2D eigenvalue weighted by Crippen LogP contribution is -2.25. The van der Waals surface area contributed by atoms with Gasteiger partial charge in [-0.3, -0.25) is 4.68 Å². The Hall–Kier alpha value is -1.61. The van der Waals surface area contributed by atoms with Crippen LogP contribution in [0, 0.1) is 20.8 Å². The fraction of sp³-hybridized carbons (Fsp3) is 0.438. The van der Waals surface area contributed by atoms with Crippen LogP contribution in [0.1, 0.15) is 40.9 Å². The summed E-state index contributed by atoms with van der Waals surface area (Å²) < 4.78 is 1.95.